The molecule has 4 aliphatic rings. The standard InChI is InChI=1S/C12H18F2O5S/c13-12(14,20-19-18-17)6-9-1-8-2-10(15,4-9)7-11(16,3-8)5-9/h8,15-17H,1-7H2. The van der Waals surface area contributed by atoms with Gasteiger partial charge in [0, 0.05) is 12.8 Å². The van der Waals surface area contributed by atoms with Crippen molar-refractivity contribution >= 4 is 12.0 Å². The Morgan fingerprint density at radius 2 is 1.70 bits per heavy atom. The summed E-state index contributed by atoms with van der Waals surface area (Å²) in [6, 6.07) is 0. The van der Waals surface area contributed by atoms with Gasteiger partial charge in [-0.3, -0.25) is 0 Å². The van der Waals surface area contributed by atoms with Gasteiger partial charge in [0.15, 0.2) is 0 Å². The van der Waals surface area contributed by atoms with E-state index in [1.165, 1.54) is 0 Å². The molecule has 0 aliphatic heterocycles. The summed E-state index contributed by atoms with van der Waals surface area (Å²) in [5, 5.41) is 29.0. The molecule has 0 aromatic rings. The number of halogens is 2. The van der Waals surface area contributed by atoms with Gasteiger partial charge >= 0.3 is 5.25 Å². The Morgan fingerprint density at radius 1 is 1.10 bits per heavy atom. The van der Waals surface area contributed by atoms with Crippen molar-refractivity contribution in [2.24, 2.45) is 11.3 Å². The van der Waals surface area contributed by atoms with Gasteiger partial charge in [0.05, 0.1) is 11.2 Å². The van der Waals surface area contributed by atoms with Crippen LogP contribution in [0, 0.1) is 11.3 Å². The Morgan fingerprint density at radius 3 is 2.20 bits per heavy atom. The van der Waals surface area contributed by atoms with Crippen LogP contribution in [0.25, 0.3) is 0 Å². The zero-order chi connectivity index (χ0) is 14.6. The quantitative estimate of drug-likeness (QED) is 0.411. The third-order valence-electron chi connectivity index (χ3n) is 4.89. The van der Waals surface area contributed by atoms with Gasteiger partial charge in [0.25, 0.3) is 0 Å². The molecule has 0 radical (unpaired) electrons. The molecule has 3 N–H and O–H groups in total. The lowest BCUT2D eigenvalue weighted by atomic mass is 9.45. The monoisotopic (exact) mass is 312 g/mol. The summed E-state index contributed by atoms with van der Waals surface area (Å²) in [6.45, 7) is 0. The molecule has 0 aromatic carbocycles. The Labute approximate surface area is 119 Å². The molecule has 4 fully saturated rings. The summed E-state index contributed by atoms with van der Waals surface area (Å²) in [6.07, 6.45) is 2.12. The van der Waals surface area contributed by atoms with E-state index < -0.39 is 28.3 Å². The molecule has 2 atom stereocenters. The number of alkyl halides is 2. The third-order valence-corrected chi connectivity index (χ3v) is 5.41. The maximum Gasteiger partial charge on any atom is 0.321 e. The first kappa shape index (κ1) is 14.9. The summed E-state index contributed by atoms with van der Waals surface area (Å²) in [7, 11) is 0. The fourth-order valence-electron chi connectivity index (χ4n) is 5.26. The van der Waals surface area contributed by atoms with E-state index in [0.717, 1.165) is 0 Å². The first-order chi connectivity index (χ1) is 9.17. The zero-order valence-electron chi connectivity index (χ0n) is 10.8. The minimum atomic E-state index is -3.25. The Kier molecular flexibility index (Phi) is 3.36. The second-order valence-electron chi connectivity index (χ2n) is 7.00. The molecule has 4 saturated carbocycles. The number of rotatable bonds is 5. The van der Waals surface area contributed by atoms with Gasteiger partial charge in [0.2, 0.25) is 0 Å². The first-order valence-electron chi connectivity index (χ1n) is 6.66. The van der Waals surface area contributed by atoms with E-state index in [1.54, 1.807) is 0 Å². The number of hydrogen-bond acceptors (Lipinski definition) is 6. The second-order valence-corrected chi connectivity index (χ2v) is 7.90. The summed E-state index contributed by atoms with van der Waals surface area (Å²) < 4.78 is 31.6. The Balaban J connectivity index is 1.79. The molecule has 4 bridgehead atoms. The molecule has 0 saturated heterocycles. The van der Waals surface area contributed by atoms with Crippen LogP contribution in [0.15, 0.2) is 0 Å². The lowest BCUT2D eigenvalue weighted by Gasteiger charge is -2.63. The van der Waals surface area contributed by atoms with Crippen LogP contribution in [0.2, 0.25) is 0 Å². The predicted molar refractivity (Wildman–Crippen MR) is 65.5 cm³/mol. The minimum Gasteiger partial charge on any atom is -0.390 e. The third kappa shape index (κ3) is 2.69. The molecule has 116 valence electrons. The van der Waals surface area contributed by atoms with Crippen molar-refractivity contribution in [1.29, 1.82) is 0 Å². The predicted octanol–water partition coefficient (Wildman–Crippen LogP) is 2.48. The highest BCUT2D eigenvalue weighted by Gasteiger charge is 2.64. The molecular formula is C12H18F2O5S. The van der Waals surface area contributed by atoms with Crippen molar-refractivity contribution in [2.45, 2.75) is 61.4 Å². The van der Waals surface area contributed by atoms with E-state index in [0.29, 0.717) is 19.3 Å². The molecule has 4 rings (SSSR count). The van der Waals surface area contributed by atoms with E-state index in [2.05, 4.69) is 9.37 Å². The topological polar surface area (TPSA) is 79.2 Å². The number of hydrogen-bond donors (Lipinski definition) is 3. The van der Waals surface area contributed by atoms with Crippen LogP contribution in [-0.2, 0) is 9.37 Å². The van der Waals surface area contributed by atoms with Gasteiger partial charge in [-0.1, -0.05) is 5.04 Å². The first-order valence-corrected chi connectivity index (χ1v) is 7.40. The van der Waals surface area contributed by atoms with Crippen LogP contribution in [-0.4, -0.2) is 31.9 Å². The lowest BCUT2D eigenvalue weighted by molar-refractivity contribution is -0.433. The Bertz CT molecular complexity index is 389. The highest BCUT2D eigenvalue weighted by Crippen LogP contribution is 2.66. The van der Waals surface area contributed by atoms with Gasteiger partial charge in [-0.25, -0.2) is 5.26 Å². The molecule has 4 aliphatic carbocycles. The molecule has 0 aromatic heterocycles. The highest BCUT2D eigenvalue weighted by molar-refractivity contribution is 7.95. The van der Waals surface area contributed by atoms with E-state index in [1.807, 2.05) is 0 Å². The largest absolute Gasteiger partial charge is 0.390 e. The molecule has 0 heterocycles. The lowest BCUT2D eigenvalue weighted by Crippen LogP contribution is -2.63. The molecule has 20 heavy (non-hydrogen) atoms. The minimum absolute atomic E-state index is 0.0945. The molecule has 8 heteroatoms. The summed E-state index contributed by atoms with van der Waals surface area (Å²) in [4.78, 5) is 0. The van der Waals surface area contributed by atoms with Gasteiger partial charge < -0.3 is 10.2 Å². The van der Waals surface area contributed by atoms with Crippen molar-refractivity contribution in [3.63, 3.8) is 0 Å². The van der Waals surface area contributed by atoms with Crippen molar-refractivity contribution in [2.75, 3.05) is 0 Å². The SMILES string of the molecule is OOOSC(F)(F)CC12CC3CC(O)(CC(O)(C3)C1)C2. The molecule has 2 unspecified atom stereocenters. The average molecular weight is 312 g/mol. The highest BCUT2D eigenvalue weighted by atomic mass is 32.2. The number of aliphatic hydroxyl groups is 2. The maximum atomic E-state index is 13.9. The van der Waals surface area contributed by atoms with Gasteiger partial charge in [0.1, 0.15) is 12.0 Å². The van der Waals surface area contributed by atoms with E-state index in [4.69, 9.17) is 5.26 Å². The summed E-state index contributed by atoms with van der Waals surface area (Å²) in [5.74, 6) is 0.0945. The fraction of sp³-hybridized carbons (Fsp3) is 1.00. The fourth-order valence-corrected chi connectivity index (χ4v) is 5.76. The van der Waals surface area contributed by atoms with E-state index in [-0.39, 0.29) is 37.2 Å². The van der Waals surface area contributed by atoms with Gasteiger partial charge in [-0.15, -0.1) is 4.33 Å². The van der Waals surface area contributed by atoms with Crippen molar-refractivity contribution < 1.29 is 33.6 Å². The molecule has 0 amide bonds. The van der Waals surface area contributed by atoms with Crippen LogP contribution in [0.4, 0.5) is 8.78 Å². The second kappa shape index (κ2) is 4.50. The molecule has 0 spiro atoms. The van der Waals surface area contributed by atoms with Gasteiger partial charge in [-0.05, 0) is 43.4 Å². The van der Waals surface area contributed by atoms with Crippen LogP contribution >= 0.6 is 12.0 Å². The smallest absolute Gasteiger partial charge is 0.321 e. The van der Waals surface area contributed by atoms with E-state index in [9.17, 15) is 19.0 Å². The van der Waals surface area contributed by atoms with Crippen molar-refractivity contribution in [3.8, 4) is 0 Å². The normalized spacial score (nSPS) is 47.0. The van der Waals surface area contributed by atoms with Crippen LogP contribution in [0.3, 0.4) is 0 Å². The molecular weight excluding hydrogens is 294 g/mol. The zero-order valence-corrected chi connectivity index (χ0v) is 11.7. The van der Waals surface area contributed by atoms with Crippen LogP contribution < -0.4 is 0 Å². The summed E-state index contributed by atoms with van der Waals surface area (Å²) >= 11 is -0.243. The summed E-state index contributed by atoms with van der Waals surface area (Å²) in [5.41, 5.74) is -2.83. The maximum absolute atomic E-state index is 13.9. The van der Waals surface area contributed by atoms with Crippen molar-refractivity contribution in [1.82, 2.24) is 0 Å². The van der Waals surface area contributed by atoms with Crippen LogP contribution in [0.1, 0.15) is 44.9 Å². The van der Waals surface area contributed by atoms with Crippen LogP contribution in [0.5, 0.6) is 0 Å². The van der Waals surface area contributed by atoms with Crippen molar-refractivity contribution in [3.05, 3.63) is 0 Å². The van der Waals surface area contributed by atoms with E-state index >= 15 is 0 Å². The Hall–Kier alpha value is 0.01000. The average Bonchev–Trinajstić information content (AvgIpc) is 2.19. The van der Waals surface area contributed by atoms with Gasteiger partial charge in [-0.2, -0.15) is 8.78 Å². The molecule has 5 nitrogen and oxygen atoms in total.